The van der Waals surface area contributed by atoms with E-state index in [1.54, 1.807) is 0 Å². The fourth-order valence-corrected chi connectivity index (χ4v) is 2.51. The molecule has 98 valence electrons. The fraction of sp³-hybridized carbons (Fsp3) is 0.333. The summed E-state index contributed by atoms with van der Waals surface area (Å²) in [5.41, 5.74) is 6.00. The van der Waals surface area contributed by atoms with Gasteiger partial charge >= 0.3 is 0 Å². The van der Waals surface area contributed by atoms with Gasteiger partial charge in [0, 0.05) is 3.57 Å². The van der Waals surface area contributed by atoms with Crippen LogP contribution in [0.15, 0.2) is 18.2 Å². The first-order valence-corrected chi connectivity index (χ1v) is 6.87. The number of carbonyl (C=O) groups is 1. The molecule has 0 aliphatic carbocycles. The monoisotopic (exact) mass is 380 g/mol. The van der Waals surface area contributed by atoms with E-state index < -0.39 is 0 Å². The predicted octanol–water partition coefficient (Wildman–Crippen LogP) is 2.47. The Morgan fingerprint density at radius 3 is 2.56 bits per heavy atom. The molecule has 1 unspecified atom stereocenters. The van der Waals surface area contributed by atoms with Gasteiger partial charge in [0.2, 0.25) is 0 Å². The number of benzene rings is 1. The van der Waals surface area contributed by atoms with Gasteiger partial charge in [0.25, 0.3) is 5.91 Å². The molecule has 1 amide bonds. The Morgan fingerprint density at radius 2 is 2.11 bits per heavy atom. The lowest BCUT2D eigenvalue weighted by Gasteiger charge is -2.21. The first-order valence-electron chi connectivity index (χ1n) is 5.38. The maximum atomic E-state index is 13.0. The molecule has 3 N–H and O–H groups in total. The SMILES string of the molecule is CC(C)C(NC(=O)c1ccc(F)cc1I)C(N)=S. The van der Waals surface area contributed by atoms with Crippen molar-refractivity contribution in [1.82, 2.24) is 5.32 Å². The summed E-state index contributed by atoms with van der Waals surface area (Å²) in [5.74, 6) is -0.568. The minimum Gasteiger partial charge on any atom is -0.392 e. The van der Waals surface area contributed by atoms with Crippen molar-refractivity contribution in [3.63, 3.8) is 0 Å². The zero-order valence-corrected chi connectivity index (χ0v) is 13.0. The highest BCUT2D eigenvalue weighted by molar-refractivity contribution is 14.1. The summed E-state index contributed by atoms with van der Waals surface area (Å²) in [6, 6.07) is 3.64. The highest BCUT2D eigenvalue weighted by Crippen LogP contribution is 2.14. The lowest BCUT2D eigenvalue weighted by molar-refractivity contribution is 0.0939. The Kier molecular flexibility index (Phi) is 5.46. The Bertz CT molecular complexity index is 479. The van der Waals surface area contributed by atoms with E-state index in [9.17, 15) is 9.18 Å². The molecule has 0 aliphatic rings. The number of carbonyl (C=O) groups excluding carboxylic acids is 1. The molecule has 1 aromatic rings. The summed E-state index contributed by atoms with van der Waals surface area (Å²) in [6.07, 6.45) is 0. The van der Waals surface area contributed by atoms with Gasteiger partial charge in [-0.3, -0.25) is 4.79 Å². The summed E-state index contributed by atoms with van der Waals surface area (Å²) >= 11 is 6.83. The maximum Gasteiger partial charge on any atom is 0.252 e. The van der Waals surface area contributed by atoms with Crippen molar-refractivity contribution in [2.24, 2.45) is 11.7 Å². The largest absolute Gasteiger partial charge is 0.392 e. The highest BCUT2D eigenvalue weighted by Gasteiger charge is 2.20. The standard InChI is InChI=1S/C12H14FIN2OS/c1-6(2)10(11(15)18)16-12(17)8-4-3-7(13)5-9(8)14/h3-6,10H,1-2H3,(H2,15,18)(H,16,17). The number of nitrogens with one attached hydrogen (secondary N) is 1. The van der Waals surface area contributed by atoms with Crippen LogP contribution in [-0.4, -0.2) is 16.9 Å². The van der Waals surface area contributed by atoms with E-state index in [1.165, 1.54) is 18.2 Å². The van der Waals surface area contributed by atoms with Crippen LogP contribution in [0, 0.1) is 15.3 Å². The van der Waals surface area contributed by atoms with Gasteiger partial charge in [-0.1, -0.05) is 26.1 Å². The maximum absolute atomic E-state index is 13.0. The van der Waals surface area contributed by atoms with Gasteiger partial charge in [-0.25, -0.2) is 4.39 Å². The number of nitrogens with two attached hydrogens (primary N) is 1. The predicted molar refractivity (Wildman–Crippen MR) is 82.0 cm³/mol. The minimum absolute atomic E-state index is 0.101. The lowest BCUT2D eigenvalue weighted by atomic mass is 10.0. The van der Waals surface area contributed by atoms with E-state index in [2.05, 4.69) is 5.32 Å². The summed E-state index contributed by atoms with van der Waals surface area (Å²) in [5, 5.41) is 2.76. The van der Waals surface area contributed by atoms with Gasteiger partial charge in [-0.2, -0.15) is 0 Å². The van der Waals surface area contributed by atoms with Crippen molar-refractivity contribution < 1.29 is 9.18 Å². The second kappa shape index (κ2) is 6.42. The Hall–Kier alpha value is -0.760. The molecule has 0 fully saturated rings. The van der Waals surface area contributed by atoms with Crippen LogP contribution in [-0.2, 0) is 0 Å². The molecule has 0 saturated carbocycles. The second-order valence-electron chi connectivity index (χ2n) is 4.22. The summed E-state index contributed by atoms with van der Waals surface area (Å²) in [4.78, 5) is 12.3. The first-order chi connectivity index (χ1) is 8.32. The van der Waals surface area contributed by atoms with Gasteiger partial charge in [-0.15, -0.1) is 0 Å². The van der Waals surface area contributed by atoms with Crippen LogP contribution < -0.4 is 11.1 Å². The first kappa shape index (κ1) is 15.3. The van der Waals surface area contributed by atoms with E-state index in [0.29, 0.717) is 9.13 Å². The van der Waals surface area contributed by atoms with E-state index >= 15 is 0 Å². The number of hydrogen-bond acceptors (Lipinski definition) is 2. The minimum atomic E-state index is -0.370. The summed E-state index contributed by atoms with van der Waals surface area (Å²) in [7, 11) is 0. The van der Waals surface area contributed by atoms with Crippen molar-refractivity contribution >= 4 is 45.7 Å². The van der Waals surface area contributed by atoms with Crippen LogP contribution in [0.5, 0.6) is 0 Å². The Morgan fingerprint density at radius 1 is 1.50 bits per heavy atom. The molecule has 0 saturated heterocycles. The van der Waals surface area contributed by atoms with Gasteiger partial charge in [0.05, 0.1) is 16.6 Å². The van der Waals surface area contributed by atoms with Crippen molar-refractivity contribution in [3.05, 3.63) is 33.1 Å². The quantitative estimate of drug-likeness (QED) is 0.624. The van der Waals surface area contributed by atoms with Crippen LogP contribution in [0.1, 0.15) is 24.2 Å². The summed E-state index contributed by atoms with van der Waals surface area (Å²) < 4.78 is 13.5. The van der Waals surface area contributed by atoms with Crippen LogP contribution in [0.4, 0.5) is 4.39 Å². The van der Waals surface area contributed by atoms with Gasteiger partial charge in [0.1, 0.15) is 5.82 Å². The number of thiocarbonyl (C=S) groups is 1. The molecule has 1 rings (SSSR count). The van der Waals surface area contributed by atoms with E-state index in [0.717, 1.165) is 0 Å². The van der Waals surface area contributed by atoms with Crippen molar-refractivity contribution in [2.45, 2.75) is 19.9 Å². The van der Waals surface area contributed by atoms with E-state index in [-0.39, 0.29) is 28.7 Å². The Balaban J connectivity index is 2.91. The molecule has 0 aromatic heterocycles. The normalized spacial score (nSPS) is 12.3. The van der Waals surface area contributed by atoms with E-state index in [4.69, 9.17) is 18.0 Å². The van der Waals surface area contributed by atoms with E-state index in [1.807, 2.05) is 36.4 Å². The molecule has 1 aromatic carbocycles. The average molecular weight is 380 g/mol. The second-order valence-corrected chi connectivity index (χ2v) is 5.86. The molecular formula is C12H14FIN2OS. The van der Waals surface area contributed by atoms with Gasteiger partial charge in [-0.05, 0) is 46.7 Å². The third-order valence-corrected chi connectivity index (χ3v) is 3.58. The molecule has 0 radical (unpaired) electrons. The zero-order valence-electron chi connectivity index (χ0n) is 10.0. The molecule has 6 heteroatoms. The van der Waals surface area contributed by atoms with Crippen LogP contribution in [0.2, 0.25) is 0 Å². The topological polar surface area (TPSA) is 55.1 Å². The molecule has 1 atom stereocenters. The fourth-order valence-electron chi connectivity index (χ4n) is 1.46. The highest BCUT2D eigenvalue weighted by atomic mass is 127. The third kappa shape index (κ3) is 3.88. The number of amides is 1. The number of halogens is 2. The zero-order chi connectivity index (χ0) is 13.9. The van der Waals surface area contributed by atoms with Crippen LogP contribution in [0.25, 0.3) is 0 Å². The third-order valence-electron chi connectivity index (χ3n) is 2.44. The molecule has 18 heavy (non-hydrogen) atoms. The molecular weight excluding hydrogens is 366 g/mol. The molecule has 0 bridgehead atoms. The van der Waals surface area contributed by atoms with Crippen LogP contribution in [0.3, 0.4) is 0 Å². The van der Waals surface area contributed by atoms with Crippen molar-refractivity contribution in [3.8, 4) is 0 Å². The number of hydrogen-bond donors (Lipinski definition) is 2. The Labute approximate surface area is 124 Å². The molecule has 3 nitrogen and oxygen atoms in total. The van der Waals surface area contributed by atoms with Crippen molar-refractivity contribution in [2.75, 3.05) is 0 Å². The van der Waals surface area contributed by atoms with Crippen LogP contribution >= 0.6 is 34.8 Å². The average Bonchev–Trinajstić information content (AvgIpc) is 2.24. The molecule has 0 heterocycles. The van der Waals surface area contributed by atoms with Gasteiger partial charge in [0.15, 0.2) is 0 Å². The number of rotatable bonds is 4. The summed E-state index contributed by atoms with van der Waals surface area (Å²) in [6.45, 7) is 3.83. The van der Waals surface area contributed by atoms with Crippen molar-refractivity contribution in [1.29, 1.82) is 0 Å². The smallest absolute Gasteiger partial charge is 0.252 e. The molecule has 0 spiro atoms. The van der Waals surface area contributed by atoms with Gasteiger partial charge < -0.3 is 11.1 Å². The lowest BCUT2D eigenvalue weighted by Crippen LogP contribution is -2.47. The molecule has 0 aliphatic heterocycles.